The van der Waals surface area contributed by atoms with Gasteiger partial charge in [0.2, 0.25) is 5.88 Å². The highest BCUT2D eigenvalue weighted by Crippen LogP contribution is 2.31. The van der Waals surface area contributed by atoms with E-state index in [2.05, 4.69) is 22.2 Å². The van der Waals surface area contributed by atoms with Crippen molar-refractivity contribution in [3.8, 4) is 17.0 Å². The Morgan fingerprint density at radius 1 is 1.22 bits per heavy atom. The number of nitrogens with one attached hydrogen (secondary N) is 1. The molecule has 0 saturated carbocycles. The second-order valence-corrected chi connectivity index (χ2v) is 10.1. The molecule has 0 unspecified atom stereocenters. The van der Waals surface area contributed by atoms with Gasteiger partial charge in [0.15, 0.2) is 0 Å². The molecule has 0 amide bonds. The Hall–Kier alpha value is -4.39. The van der Waals surface area contributed by atoms with Crippen LogP contribution in [-0.2, 0) is 23.6 Å². The van der Waals surface area contributed by atoms with Crippen LogP contribution in [0.2, 0.25) is 0 Å². The van der Waals surface area contributed by atoms with Gasteiger partial charge in [0, 0.05) is 51.7 Å². The lowest BCUT2D eigenvalue weighted by atomic mass is 10.1. The monoisotopic (exact) mass is 568 g/mol. The quantitative estimate of drug-likeness (QED) is 0.150. The first kappa shape index (κ1) is 29.6. The summed E-state index contributed by atoms with van der Waals surface area (Å²) in [5, 5.41) is 19.1. The third-order valence-electron chi connectivity index (χ3n) is 7.05. The van der Waals surface area contributed by atoms with Crippen LogP contribution in [0.3, 0.4) is 0 Å². The third-order valence-corrected chi connectivity index (χ3v) is 7.05. The van der Waals surface area contributed by atoms with E-state index < -0.39 is 5.97 Å². The Bertz CT molecular complexity index is 1440. The average molecular weight is 569 g/mol. The smallest absolute Gasteiger partial charge is 0.339 e. The van der Waals surface area contributed by atoms with Crippen molar-refractivity contribution in [1.29, 1.82) is 0 Å². The molecule has 0 spiro atoms. The fourth-order valence-corrected chi connectivity index (χ4v) is 4.75. The molecule has 2 aromatic heterocycles. The van der Waals surface area contributed by atoms with Crippen LogP contribution in [0, 0.1) is 16.0 Å². The van der Waals surface area contributed by atoms with Crippen LogP contribution in [0.15, 0.2) is 41.5 Å². The predicted octanol–water partition coefficient (Wildman–Crippen LogP) is 3.22. The summed E-state index contributed by atoms with van der Waals surface area (Å²) in [6, 6.07) is 6.65. The van der Waals surface area contributed by atoms with Crippen LogP contribution in [-0.4, -0.2) is 71.8 Å². The number of hydrogen-bond acceptors (Lipinski definition) is 10. The summed E-state index contributed by atoms with van der Waals surface area (Å²) in [5.74, 6) is 0.0830. The molecular formula is C28H36N6O7. The maximum atomic E-state index is 12.8. The molecule has 1 aliphatic heterocycles. The number of esters is 1. The molecule has 13 heteroatoms. The molecule has 1 aromatic carbocycles. The Kier molecular flexibility index (Phi) is 9.61. The van der Waals surface area contributed by atoms with Gasteiger partial charge in [-0.2, -0.15) is 5.10 Å². The SMILES string of the molecule is COC(=O)c1cc(-c2cnn(C)c2OCCC[C@@H](C)CNc2cc(N3CCOCC3)ccc2[N+](=O)[O-])c(=O)n(C)c1. The normalized spacial score (nSPS) is 14.0. The van der Waals surface area contributed by atoms with Crippen LogP contribution in [0.25, 0.3) is 11.1 Å². The third kappa shape index (κ3) is 7.04. The molecule has 0 radical (unpaired) electrons. The molecule has 1 N–H and O–H groups in total. The highest BCUT2D eigenvalue weighted by molar-refractivity contribution is 5.90. The van der Waals surface area contributed by atoms with Gasteiger partial charge < -0.3 is 29.0 Å². The first-order chi connectivity index (χ1) is 19.7. The molecule has 1 atom stereocenters. The van der Waals surface area contributed by atoms with Crippen molar-refractivity contribution in [2.75, 3.05) is 56.8 Å². The van der Waals surface area contributed by atoms with Crippen molar-refractivity contribution >= 4 is 23.0 Å². The topological polar surface area (TPSA) is 143 Å². The number of carbonyl (C=O) groups excluding carboxylic acids is 1. The number of methoxy groups -OCH3 is 1. The molecule has 0 aliphatic carbocycles. The van der Waals surface area contributed by atoms with E-state index in [0.29, 0.717) is 49.9 Å². The van der Waals surface area contributed by atoms with Crippen LogP contribution in [0.4, 0.5) is 17.1 Å². The Labute approximate surface area is 237 Å². The minimum Gasteiger partial charge on any atom is -0.477 e. The lowest BCUT2D eigenvalue weighted by Crippen LogP contribution is -2.36. The molecule has 41 heavy (non-hydrogen) atoms. The van der Waals surface area contributed by atoms with Crippen molar-refractivity contribution in [2.45, 2.75) is 19.8 Å². The number of carbonyl (C=O) groups is 1. The van der Waals surface area contributed by atoms with Gasteiger partial charge in [-0.05, 0) is 37.0 Å². The number of ether oxygens (including phenoxy) is 3. The van der Waals surface area contributed by atoms with E-state index in [0.717, 1.165) is 25.2 Å². The number of nitro groups is 1. The molecule has 3 aromatic rings. The number of anilines is 2. The average Bonchev–Trinajstić information content (AvgIpc) is 3.34. The largest absolute Gasteiger partial charge is 0.477 e. The van der Waals surface area contributed by atoms with Gasteiger partial charge in [-0.15, -0.1) is 0 Å². The molecule has 0 bridgehead atoms. The molecule has 1 fully saturated rings. The summed E-state index contributed by atoms with van der Waals surface area (Å²) in [7, 11) is 4.57. The molecule has 4 rings (SSSR count). The van der Waals surface area contributed by atoms with Gasteiger partial charge in [-0.1, -0.05) is 6.92 Å². The summed E-state index contributed by atoms with van der Waals surface area (Å²) >= 11 is 0. The van der Waals surface area contributed by atoms with Crippen molar-refractivity contribution in [2.24, 2.45) is 20.0 Å². The lowest BCUT2D eigenvalue weighted by molar-refractivity contribution is -0.383. The number of aromatic nitrogens is 3. The van der Waals surface area contributed by atoms with E-state index in [-0.39, 0.29) is 33.2 Å². The minimum atomic E-state index is -0.547. The van der Waals surface area contributed by atoms with Crippen molar-refractivity contribution < 1.29 is 23.9 Å². The molecule has 220 valence electrons. The molecule has 1 aliphatic rings. The molecule has 13 nitrogen and oxygen atoms in total. The zero-order valence-corrected chi connectivity index (χ0v) is 23.8. The van der Waals surface area contributed by atoms with Crippen LogP contribution in [0.5, 0.6) is 5.88 Å². The number of pyridine rings is 1. The maximum absolute atomic E-state index is 12.8. The number of nitrogens with zero attached hydrogens (tertiary/aromatic N) is 5. The van der Waals surface area contributed by atoms with E-state index in [4.69, 9.17) is 14.2 Å². The summed E-state index contributed by atoms with van der Waals surface area (Å²) in [6.07, 6.45) is 4.48. The zero-order valence-electron chi connectivity index (χ0n) is 23.8. The van der Waals surface area contributed by atoms with Crippen LogP contribution < -0.4 is 20.5 Å². The lowest BCUT2D eigenvalue weighted by Gasteiger charge is -2.29. The minimum absolute atomic E-state index is 0.0451. The standard InChI is InChI=1S/C28H36N6O7/c1-19(16-29-24-15-21(7-8-25(24)34(37)38)33-9-12-40-13-10-33)6-5-11-41-27-23(17-30-32(27)3)22-14-20(28(36)39-4)18-31(2)26(22)35/h7-8,14-15,17-19,29H,5-6,9-13,16H2,1-4H3/t19-/m1/s1. The highest BCUT2D eigenvalue weighted by Gasteiger charge is 2.20. The van der Waals surface area contributed by atoms with E-state index in [9.17, 15) is 19.7 Å². The number of nitro benzene ring substituents is 1. The predicted molar refractivity (Wildman–Crippen MR) is 154 cm³/mol. The number of hydrogen-bond donors (Lipinski definition) is 1. The van der Waals surface area contributed by atoms with Gasteiger partial charge in [0.05, 0.1) is 54.7 Å². The summed E-state index contributed by atoms with van der Waals surface area (Å²) in [5.41, 5.74) is 2.21. The number of aryl methyl sites for hydroxylation is 2. The molecule has 1 saturated heterocycles. The summed E-state index contributed by atoms with van der Waals surface area (Å²) in [4.78, 5) is 38.3. The molecule has 3 heterocycles. The Balaban J connectivity index is 1.35. The van der Waals surface area contributed by atoms with Crippen LogP contribution in [0.1, 0.15) is 30.1 Å². The second kappa shape index (κ2) is 13.3. The van der Waals surface area contributed by atoms with Gasteiger partial charge >= 0.3 is 5.97 Å². The van der Waals surface area contributed by atoms with Gasteiger partial charge in [0.1, 0.15) is 5.69 Å². The van der Waals surface area contributed by atoms with E-state index in [1.807, 2.05) is 6.07 Å². The zero-order chi connectivity index (χ0) is 29.5. The number of benzene rings is 1. The fourth-order valence-electron chi connectivity index (χ4n) is 4.75. The summed E-state index contributed by atoms with van der Waals surface area (Å²) in [6.45, 7) is 5.77. The Morgan fingerprint density at radius 3 is 2.68 bits per heavy atom. The number of rotatable bonds is 12. The molecular weight excluding hydrogens is 532 g/mol. The maximum Gasteiger partial charge on any atom is 0.339 e. The van der Waals surface area contributed by atoms with Crippen molar-refractivity contribution in [3.05, 3.63) is 62.7 Å². The van der Waals surface area contributed by atoms with Crippen LogP contribution >= 0.6 is 0 Å². The number of morpholine rings is 1. The fraction of sp³-hybridized carbons (Fsp3) is 0.464. The van der Waals surface area contributed by atoms with Gasteiger partial charge in [-0.25, -0.2) is 9.48 Å². The second-order valence-electron chi connectivity index (χ2n) is 10.1. The van der Waals surface area contributed by atoms with Gasteiger partial charge in [0.25, 0.3) is 11.2 Å². The summed E-state index contributed by atoms with van der Waals surface area (Å²) < 4.78 is 19.1. The van der Waals surface area contributed by atoms with E-state index in [1.54, 1.807) is 30.9 Å². The highest BCUT2D eigenvalue weighted by atomic mass is 16.6. The first-order valence-electron chi connectivity index (χ1n) is 13.5. The first-order valence-corrected chi connectivity index (χ1v) is 13.5. The van der Waals surface area contributed by atoms with Crippen molar-refractivity contribution in [1.82, 2.24) is 14.3 Å². The van der Waals surface area contributed by atoms with E-state index in [1.165, 1.54) is 30.1 Å². The Morgan fingerprint density at radius 2 is 1.98 bits per heavy atom. The van der Waals surface area contributed by atoms with E-state index >= 15 is 0 Å². The van der Waals surface area contributed by atoms with Crippen molar-refractivity contribution in [3.63, 3.8) is 0 Å². The van der Waals surface area contributed by atoms with Gasteiger partial charge in [-0.3, -0.25) is 14.9 Å².